The summed E-state index contributed by atoms with van der Waals surface area (Å²) in [4.78, 5) is 18.4. The molecule has 3 rings (SSSR count). The summed E-state index contributed by atoms with van der Waals surface area (Å²) in [7, 11) is 0. The molecule has 1 aromatic carbocycles. The molecule has 3 nitrogen and oxygen atoms in total. The molecule has 0 unspecified atom stereocenters. The Hall–Kier alpha value is -1.61. The second-order valence-electron chi connectivity index (χ2n) is 5.54. The Morgan fingerprint density at radius 2 is 1.95 bits per heavy atom. The van der Waals surface area contributed by atoms with Crippen LogP contribution in [0.5, 0.6) is 0 Å². The lowest BCUT2D eigenvalue weighted by Gasteiger charge is -2.16. The highest BCUT2D eigenvalue weighted by Gasteiger charge is 2.16. The van der Waals surface area contributed by atoms with Crippen molar-refractivity contribution in [3.05, 3.63) is 45.2 Å². The number of fused-ring (bicyclic) bond motifs is 1. The van der Waals surface area contributed by atoms with Crippen LogP contribution in [0.4, 0.5) is 0 Å². The van der Waals surface area contributed by atoms with E-state index in [0.29, 0.717) is 0 Å². The number of rotatable bonds is 2. The Morgan fingerprint density at radius 1 is 1.21 bits per heavy atom. The van der Waals surface area contributed by atoms with Crippen LogP contribution in [0, 0.1) is 13.8 Å². The van der Waals surface area contributed by atoms with Gasteiger partial charge in [0.25, 0.3) is 0 Å². The van der Waals surface area contributed by atoms with Crippen LogP contribution in [0.25, 0.3) is 10.9 Å². The number of aromatic nitrogens is 1. The van der Waals surface area contributed by atoms with Crippen LogP contribution in [0.2, 0.25) is 0 Å². The van der Waals surface area contributed by atoms with Crippen LogP contribution in [-0.4, -0.2) is 23.0 Å². The van der Waals surface area contributed by atoms with Crippen LogP contribution >= 0.6 is 0 Å². The average Bonchev–Trinajstić information content (AvgIpc) is 2.89. The number of pyridine rings is 1. The summed E-state index contributed by atoms with van der Waals surface area (Å²) in [5, 5.41) is 0.819. The molecule has 0 amide bonds. The first-order valence-electron chi connectivity index (χ1n) is 7.00. The lowest BCUT2D eigenvalue weighted by atomic mass is 10.1. The van der Waals surface area contributed by atoms with E-state index in [-0.39, 0.29) is 5.43 Å². The van der Waals surface area contributed by atoms with E-state index in [1.807, 2.05) is 32.0 Å². The predicted octanol–water partition coefficient (Wildman–Crippen LogP) is 2.74. The molecule has 0 spiro atoms. The smallest absolute Gasteiger partial charge is 0.194 e. The van der Waals surface area contributed by atoms with Crippen LogP contribution < -0.4 is 5.43 Å². The van der Waals surface area contributed by atoms with Gasteiger partial charge in [-0.25, -0.2) is 0 Å². The van der Waals surface area contributed by atoms with Gasteiger partial charge in [-0.15, -0.1) is 0 Å². The van der Waals surface area contributed by atoms with E-state index in [1.165, 1.54) is 12.8 Å². The monoisotopic (exact) mass is 256 g/mol. The number of benzene rings is 1. The second kappa shape index (κ2) is 4.82. The highest BCUT2D eigenvalue weighted by atomic mass is 16.1. The molecule has 0 radical (unpaired) electrons. The van der Waals surface area contributed by atoms with E-state index in [4.69, 9.17) is 0 Å². The standard InChI is InChI=1S/C16H20N2O/c1-11-6-5-7-13-15(11)17-12(2)14(16(13)19)10-18-8-3-4-9-18/h5-7H,3-4,8-10H2,1-2H3,(H,17,19). The molecular formula is C16H20N2O. The Morgan fingerprint density at radius 3 is 2.68 bits per heavy atom. The summed E-state index contributed by atoms with van der Waals surface area (Å²) in [5.74, 6) is 0. The topological polar surface area (TPSA) is 36.1 Å². The van der Waals surface area contributed by atoms with Gasteiger partial charge in [0.1, 0.15) is 0 Å². The number of nitrogens with zero attached hydrogens (tertiary/aromatic N) is 1. The minimum absolute atomic E-state index is 0.196. The Balaban J connectivity index is 2.12. The summed E-state index contributed by atoms with van der Waals surface area (Å²) in [5.41, 5.74) is 4.25. The largest absolute Gasteiger partial charge is 0.358 e. The molecule has 1 aliphatic rings. The van der Waals surface area contributed by atoms with Crippen molar-refractivity contribution in [2.24, 2.45) is 0 Å². The van der Waals surface area contributed by atoms with E-state index >= 15 is 0 Å². The van der Waals surface area contributed by atoms with Crippen molar-refractivity contribution in [2.75, 3.05) is 13.1 Å². The van der Waals surface area contributed by atoms with E-state index in [9.17, 15) is 4.79 Å². The third-order valence-corrected chi connectivity index (χ3v) is 4.14. The van der Waals surface area contributed by atoms with Gasteiger partial charge >= 0.3 is 0 Å². The zero-order valence-electron chi connectivity index (χ0n) is 11.6. The van der Waals surface area contributed by atoms with Gasteiger partial charge in [0.2, 0.25) is 0 Å². The lowest BCUT2D eigenvalue weighted by molar-refractivity contribution is 0.329. The normalized spacial score (nSPS) is 16.3. The summed E-state index contributed by atoms with van der Waals surface area (Å²) >= 11 is 0. The Labute approximate surface area is 113 Å². The van der Waals surface area contributed by atoms with Gasteiger partial charge in [-0.3, -0.25) is 9.69 Å². The number of nitrogens with one attached hydrogen (secondary N) is 1. The summed E-state index contributed by atoms with van der Waals surface area (Å²) < 4.78 is 0. The van der Waals surface area contributed by atoms with Gasteiger partial charge in [0, 0.05) is 23.2 Å². The molecule has 2 heterocycles. The predicted molar refractivity (Wildman–Crippen MR) is 78.6 cm³/mol. The summed E-state index contributed by atoms with van der Waals surface area (Å²) in [6.45, 7) is 7.07. The highest BCUT2D eigenvalue weighted by molar-refractivity contribution is 5.82. The maximum Gasteiger partial charge on any atom is 0.194 e. The fraction of sp³-hybridized carbons (Fsp3) is 0.438. The second-order valence-corrected chi connectivity index (χ2v) is 5.54. The number of hydrogen-bond donors (Lipinski definition) is 1. The van der Waals surface area contributed by atoms with Gasteiger partial charge in [0.05, 0.1) is 5.52 Å². The molecule has 19 heavy (non-hydrogen) atoms. The molecular weight excluding hydrogens is 236 g/mol. The minimum Gasteiger partial charge on any atom is -0.358 e. The van der Waals surface area contributed by atoms with E-state index < -0.39 is 0 Å². The van der Waals surface area contributed by atoms with Crippen molar-refractivity contribution in [2.45, 2.75) is 33.2 Å². The van der Waals surface area contributed by atoms with E-state index in [1.54, 1.807) is 0 Å². The molecule has 1 saturated heterocycles. The molecule has 1 aliphatic heterocycles. The molecule has 0 bridgehead atoms. The Kier molecular flexibility index (Phi) is 3.15. The molecule has 1 aromatic heterocycles. The van der Waals surface area contributed by atoms with Gasteiger partial charge in [0.15, 0.2) is 5.43 Å². The third-order valence-electron chi connectivity index (χ3n) is 4.14. The summed E-state index contributed by atoms with van der Waals surface area (Å²) in [6.07, 6.45) is 2.51. The van der Waals surface area contributed by atoms with Gasteiger partial charge < -0.3 is 4.98 Å². The van der Waals surface area contributed by atoms with Crippen molar-refractivity contribution in [3.63, 3.8) is 0 Å². The van der Waals surface area contributed by atoms with Crippen molar-refractivity contribution >= 4 is 10.9 Å². The van der Waals surface area contributed by atoms with Crippen molar-refractivity contribution in [3.8, 4) is 0 Å². The number of aromatic amines is 1. The fourth-order valence-corrected chi connectivity index (χ4v) is 2.97. The highest BCUT2D eigenvalue weighted by Crippen LogP contribution is 2.17. The molecule has 3 heteroatoms. The first kappa shape index (κ1) is 12.4. The average molecular weight is 256 g/mol. The van der Waals surface area contributed by atoms with Crippen LogP contribution in [-0.2, 0) is 6.54 Å². The number of likely N-dealkylation sites (tertiary alicyclic amines) is 1. The first-order valence-corrected chi connectivity index (χ1v) is 7.00. The van der Waals surface area contributed by atoms with Crippen molar-refractivity contribution < 1.29 is 0 Å². The molecule has 0 aliphatic carbocycles. The number of para-hydroxylation sites is 1. The summed E-state index contributed by atoms with van der Waals surface area (Å²) in [6, 6.07) is 5.92. The van der Waals surface area contributed by atoms with Crippen LogP contribution in [0.15, 0.2) is 23.0 Å². The van der Waals surface area contributed by atoms with Crippen LogP contribution in [0.3, 0.4) is 0 Å². The van der Waals surface area contributed by atoms with Gasteiger partial charge in [-0.1, -0.05) is 12.1 Å². The van der Waals surface area contributed by atoms with Crippen molar-refractivity contribution in [1.29, 1.82) is 0 Å². The molecule has 0 atom stereocenters. The maximum absolute atomic E-state index is 12.6. The van der Waals surface area contributed by atoms with Gasteiger partial charge in [-0.2, -0.15) is 0 Å². The SMILES string of the molecule is Cc1[nH]c2c(C)cccc2c(=O)c1CN1CCCC1. The number of H-pyrrole nitrogens is 1. The Bertz CT molecular complexity index is 666. The molecule has 1 N–H and O–H groups in total. The number of aryl methyl sites for hydroxylation is 2. The maximum atomic E-state index is 12.6. The third kappa shape index (κ3) is 2.19. The zero-order chi connectivity index (χ0) is 13.4. The molecule has 100 valence electrons. The van der Waals surface area contributed by atoms with Crippen molar-refractivity contribution in [1.82, 2.24) is 9.88 Å². The fourth-order valence-electron chi connectivity index (χ4n) is 2.97. The van der Waals surface area contributed by atoms with E-state index in [0.717, 1.165) is 47.4 Å². The quantitative estimate of drug-likeness (QED) is 0.897. The lowest BCUT2D eigenvalue weighted by Crippen LogP contribution is -2.25. The molecule has 1 fully saturated rings. The van der Waals surface area contributed by atoms with E-state index in [2.05, 4.69) is 9.88 Å². The van der Waals surface area contributed by atoms with Gasteiger partial charge in [-0.05, 0) is 51.4 Å². The number of hydrogen-bond acceptors (Lipinski definition) is 2. The molecule has 0 saturated carbocycles. The first-order chi connectivity index (χ1) is 9.16. The minimum atomic E-state index is 0.196. The van der Waals surface area contributed by atoms with Crippen LogP contribution in [0.1, 0.15) is 29.7 Å². The molecule has 2 aromatic rings. The zero-order valence-corrected chi connectivity index (χ0v) is 11.6.